The fourth-order valence-electron chi connectivity index (χ4n) is 2.91. The van der Waals surface area contributed by atoms with E-state index >= 15 is 0 Å². The molecular weight excluding hydrogens is 407 g/mol. The van der Waals surface area contributed by atoms with Gasteiger partial charge >= 0.3 is 6.18 Å². The zero-order valence-corrected chi connectivity index (χ0v) is 17.0. The lowest BCUT2D eigenvalue weighted by Crippen LogP contribution is -2.44. The van der Waals surface area contributed by atoms with E-state index in [1.165, 1.54) is 19.5 Å². The van der Waals surface area contributed by atoms with Crippen molar-refractivity contribution in [2.75, 3.05) is 20.7 Å². The van der Waals surface area contributed by atoms with Gasteiger partial charge in [-0.15, -0.1) is 0 Å². The lowest BCUT2D eigenvalue weighted by molar-refractivity contribution is -0.266. The second kappa shape index (κ2) is 8.99. The number of hydrogen-bond acceptors (Lipinski definition) is 3. The second-order valence-corrected chi connectivity index (χ2v) is 6.97. The largest absolute Gasteiger partial charge is 0.496 e. The average molecular weight is 430 g/mol. The summed E-state index contributed by atoms with van der Waals surface area (Å²) in [7, 11) is 2.95. The first kappa shape index (κ1) is 23.6. The Kier molecular flexibility index (Phi) is 7.07. The summed E-state index contributed by atoms with van der Waals surface area (Å²) in [5.41, 5.74) is -3.63. The van der Waals surface area contributed by atoms with Crippen LogP contribution in [-0.2, 0) is 12.0 Å². The highest BCUT2D eigenvalue weighted by molar-refractivity contribution is 5.65. The highest BCUT2D eigenvalue weighted by Crippen LogP contribution is 2.46. The molecule has 1 atom stereocenters. The SMILES string of the molecule is CCN(C)C=Nc1cc(OC)c(C(O)(Cc2cc(F)cc(F)c2)C(F)(F)F)cc1C. The number of nitrogens with zero attached hydrogens (tertiary/aromatic N) is 2. The van der Waals surface area contributed by atoms with E-state index < -0.39 is 35.4 Å². The van der Waals surface area contributed by atoms with E-state index in [1.807, 2.05) is 6.92 Å². The first-order valence-electron chi connectivity index (χ1n) is 9.09. The molecule has 0 radical (unpaired) electrons. The molecule has 0 bridgehead atoms. The number of aryl methyl sites for hydroxylation is 1. The van der Waals surface area contributed by atoms with Gasteiger partial charge in [0.05, 0.1) is 19.1 Å². The predicted molar refractivity (Wildman–Crippen MR) is 104 cm³/mol. The Balaban J connectivity index is 2.61. The zero-order valence-electron chi connectivity index (χ0n) is 17.0. The summed E-state index contributed by atoms with van der Waals surface area (Å²) in [6.07, 6.45) is -4.72. The van der Waals surface area contributed by atoms with Crippen LogP contribution in [0, 0.1) is 18.6 Å². The topological polar surface area (TPSA) is 45.1 Å². The highest BCUT2D eigenvalue weighted by atomic mass is 19.4. The van der Waals surface area contributed by atoms with E-state index in [4.69, 9.17) is 4.74 Å². The summed E-state index contributed by atoms with van der Waals surface area (Å²) >= 11 is 0. The monoisotopic (exact) mass is 430 g/mol. The van der Waals surface area contributed by atoms with Crippen molar-refractivity contribution in [3.8, 4) is 5.75 Å². The smallest absolute Gasteiger partial charge is 0.421 e. The van der Waals surface area contributed by atoms with Crippen molar-refractivity contribution in [3.63, 3.8) is 0 Å². The molecule has 0 amide bonds. The zero-order chi connectivity index (χ0) is 22.7. The second-order valence-electron chi connectivity index (χ2n) is 6.97. The van der Waals surface area contributed by atoms with E-state index in [0.717, 1.165) is 18.2 Å². The van der Waals surface area contributed by atoms with Crippen LogP contribution in [0.2, 0.25) is 0 Å². The Morgan fingerprint density at radius 2 is 1.70 bits per heavy atom. The maximum atomic E-state index is 14.0. The Labute approximate surface area is 171 Å². The van der Waals surface area contributed by atoms with E-state index in [1.54, 1.807) is 18.9 Å². The maximum Gasteiger partial charge on any atom is 0.421 e. The van der Waals surface area contributed by atoms with Crippen LogP contribution < -0.4 is 4.74 Å². The summed E-state index contributed by atoms with van der Waals surface area (Å²) in [5.74, 6) is -2.33. The van der Waals surface area contributed by atoms with Crippen LogP contribution in [0.5, 0.6) is 5.75 Å². The fraction of sp³-hybridized carbons (Fsp3) is 0.381. The molecule has 0 heterocycles. The van der Waals surface area contributed by atoms with Gasteiger partial charge in [0.1, 0.15) is 17.4 Å². The van der Waals surface area contributed by atoms with Gasteiger partial charge in [-0.3, -0.25) is 0 Å². The Morgan fingerprint density at radius 3 is 2.20 bits per heavy atom. The van der Waals surface area contributed by atoms with Gasteiger partial charge in [-0.05, 0) is 43.2 Å². The number of ether oxygens (including phenoxy) is 1. The number of aliphatic hydroxyl groups is 1. The molecule has 2 rings (SSSR count). The van der Waals surface area contributed by atoms with Gasteiger partial charge in [0.25, 0.3) is 0 Å². The molecule has 0 aliphatic rings. The number of benzene rings is 2. The summed E-state index contributed by atoms with van der Waals surface area (Å²) in [6.45, 7) is 4.12. The van der Waals surface area contributed by atoms with Crippen molar-refractivity contribution in [1.82, 2.24) is 4.90 Å². The van der Waals surface area contributed by atoms with Crippen LogP contribution in [0.4, 0.5) is 27.6 Å². The Morgan fingerprint density at radius 1 is 1.10 bits per heavy atom. The first-order chi connectivity index (χ1) is 13.9. The molecule has 0 spiro atoms. The van der Waals surface area contributed by atoms with Crippen molar-refractivity contribution in [2.24, 2.45) is 4.99 Å². The maximum absolute atomic E-state index is 14.0. The van der Waals surface area contributed by atoms with Crippen molar-refractivity contribution < 1.29 is 31.8 Å². The van der Waals surface area contributed by atoms with Gasteiger partial charge in [-0.25, -0.2) is 13.8 Å². The molecule has 0 saturated carbocycles. The molecule has 0 saturated heterocycles. The third-order valence-electron chi connectivity index (χ3n) is 4.71. The third-order valence-corrected chi connectivity index (χ3v) is 4.71. The first-order valence-corrected chi connectivity index (χ1v) is 9.09. The minimum Gasteiger partial charge on any atom is -0.496 e. The van der Waals surface area contributed by atoms with Crippen molar-refractivity contribution >= 4 is 12.0 Å². The molecule has 1 unspecified atom stereocenters. The van der Waals surface area contributed by atoms with Crippen molar-refractivity contribution in [3.05, 3.63) is 58.7 Å². The molecule has 9 heteroatoms. The van der Waals surface area contributed by atoms with Gasteiger partial charge in [-0.2, -0.15) is 13.2 Å². The van der Waals surface area contributed by atoms with Crippen LogP contribution in [0.3, 0.4) is 0 Å². The molecule has 2 aromatic rings. The molecule has 0 aromatic heterocycles. The van der Waals surface area contributed by atoms with E-state index in [9.17, 15) is 27.1 Å². The molecule has 1 N–H and O–H groups in total. The van der Waals surface area contributed by atoms with Gasteiger partial charge in [-0.1, -0.05) is 0 Å². The van der Waals surface area contributed by atoms with Crippen LogP contribution in [0.25, 0.3) is 0 Å². The van der Waals surface area contributed by atoms with E-state index in [2.05, 4.69) is 4.99 Å². The normalized spacial score (nSPS) is 14.1. The van der Waals surface area contributed by atoms with Crippen LogP contribution in [0.15, 0.2) is 35.3 Å². The predicted octanol–water partition coefficient (Wildman–Crippen LogP) is 4.89. The van der Waals surface area contributed by atoms with E-state index in [-0.39, 0.29) is 11.3 Å². The summed E-state index contributed by atoms with van der Waals surface area (Å²) in [4.78, 5) is 6.00. The molecular formula is C21H23F5N2O2. The molecule has 0 fully saturated rings. The number of alkyl halides is 3. The number of halogens is 5. The van der Waals surface area contributed by atoms with Gasteiger partial charge < -0.3 is 14.7 Å². The summed E-state index contributed by atoms with van der Waals surface area (Å²) in [6, 6.07) is 4.45. The molecule has 4 nitrogen and oxygen atoms in total. The fourth-order valence-corrected chi connectivity index (χ4v) is 2.91. The molecule has 30 heavy (non-hydrogen) atoms. The molecule has 0 aliphatic carbocycles. The lowest BCUT2D eigenvalue weighted by Gasteiger charge is -2.32. The minimum absolute atomic E-state index is 0.247. The number of methoxy groups -OCH3 is 1. The number of hydrogen-bond donors (Lipinski definition) is 1. The van der Waals surface area contributed by atoms with Crippen molar-refractivity contribution in [2.45, 2.75) is 32.0 Å². The van der Waals surface area contributed by atoms with E-state index in [0.29, 0.717) is 23.9 Å². The summed E-state index contributed by atoms with van der Waals surface area (Å²) in [5, 5.41) is 10.7. The van der Waals surface area contributed by atoms with Crippen LogP contribution in [0.1, 0.15) is 23.6 Å². The standard InChI is InChI=1S/C21H23F5N2O2/c1-5-28(3)12-27-18-10-19(30-4)17(6-13(18)2)20(29,21(24,25)26)11-14-7-15(22)9-16(23)8-14/h6-10,12,29H,5,11H2,1-4H3. The molecule has 2 aromatic carbocycles. The third kappa shape index (κ3) is 5.08. The van der Waals surface area contributed by atoms with Gasteiger partial charge in [0, 0.05) is 37.7 Å². The number of aliphatic imine (C=N–C) groups is 1. The Bertz CT molecular complexity index is 910. The quantitative estimate of drug-likeness (QED) is 0.387. The average Bonchev–Trinajstić information content (AvgIpc) is 2.64. The lowest BCUT2D eigenvalue weighted by atomic mass is 9.84. The Hall–Kier alpha value is -2.68. The highest BCUT2D eigenvalue weighted by Gasteiger charge is 2.56. The number of rotatable bonds is 7. The minimum atomic E-state index is -5.15. The van der Waals surface area contributed by atoms with Crippen LogP contribution >= 0.6 is 0 Å². The van der Waals surface area contributed by atoms with Crippen molar-refractivity contribution in [1.29, 1.82) is 0 Å². The van der Waals surface area contributed by atoms with Gasteiger partial charge in [0.15, 0.2) is 5.60 Å². The van der Waals surface area contributed by atoms with Crippen LogP contribution in [-0.4, -0.2) is 43.2 Å². The van der Waals surface area contributed by atoms with Gasteiger partial charge in [0.2, 0.25) is 0 Å². The summed E-state index contributed by atoms with van der Waals surface area (Å²) < 4.78 is 74.1. The molecule has 0 aliphatic heterocycles. The molecule has 164 valence electrons.